The summed E-state index contributed by atoms with van der Waals surface area (Å²) in [5.74, 6) is -0.656. The van der Waals surface area contributed by atoms with Crippen molar-refractivity contribution < 1.29 is 13.9 Å². The molecule has 0 aliphatic rings. The molecular weight excluding hydrogens is 391 g/mol. The number of carbonyl (C=O) groups is 1. The zero-order chi connectivity index (χ0) is 20.4. The van der Waals surface area contributed by atoms with Gasteiger partial charge in [-0.15, -0.1) is 11.3 Å². The number of benzene rings is 2. The lowest BCUT2D eigenvalue weighted by Gasteiger charge is -2.03. The van der Waals surface area contributed by atoms with Gasteiger partial charge in [-0.05, 0) is 43.3 Å². The number of aromatic nitrogens is 3. The van der Waals surface area contributed by atoms with Gasteiger partial charge in [0, 0.05) is 16.6 Å². The van der Waals surface area contributed by atoms with Gasteiger partial charge in [0.1, 0.15) is 0 Å². The molecule has 0 bridgehead atoms. The van der Waals surface area contributed by atoms with Crippen LogP contribution in [-0.2, 0) is 0 Å². The van der Waals surface area contributed by atoms with Crippen LogP contribution in [0.1, 0.15) is 16.2 Å². The number of hydrogen-bond donors (Lipinski definition) is 1. The van der Waals surface area contributed by atoms with Crippen LogP contribution >= 0.6 is 11.3 Å². The van der Waals surface area contributed by atoms with Crippen molar-refractivity contribution in [2.75, 3.05) is 12.4 Å². The second-order valence-electron chi connectivity index (χ2n) is 6.26. The van der Waals surface area contributed by atoms with Crippen molar-refractivity contribution in [1.82, 2.24) is 14.8 Å². The van der Waals surface area contributed by atoms with E-state index in [0.717, 1.165) is 11.4 Å². The molecule has 0 aliphatic heterocycles. The molecule has 29 heavy (non-hydrogen) atoms. The normalized spacial score (nSPS) is 10.7. The maximum Gasteiger partial charge on any atom is 0.277 e. The van der Waals surface area contributed by atoms with Gasteiger partial charge < -0.3 is 4.74 Å². The minimum absolute atomic E-state index is 0.168. The van der Waals surface area contributed by atoms with Crippen molar-refractivity contribution in [2.45, 2.75) is 6.92 Å². The molecule has 0 unspecified atom stereocenters. The number of carbonyl (C=O) groups excluding carboxylic acids is 1. The molecule has 4 aromatic rings. The summed E-state index contributed by atoms with van der Waals surface area (Å²) in [7, 11) is 1.41. The summed E-state index contributed by atoms with van der Waals surface area (Å²) in [6.07, 6.45) is 0. The zero-order valence-corrected chi connectivity index (χ0v) is 16.5. The number of ether oxygens (including phenoxy) is 1. The van der Waals surface area contributed by atoms with Gasteiger partial charge in [-0.3, -0.25) is 10.1 Å². The van der Waals surface area contributed by atoms with Crippen LogP contribution in [0, 0.1) is 12.7 Å². The Kier molecular flexibility index (Phi) is 5.09. The Bertz CT molecular complexity index is 1170. The topological polar surface area (TPSA) is 69.0 Å². The lowest BCUT2D eigenvalue weighted by molar-refractivity contribution is 0.102. The molecular formula is C21H17FN4O2S. The number of nitrogens with one attached hydrogen (secondary N) is 1. The van der Waals surface area contributed by atoms with Crippen LogP contribution in [0.4, 0.5) is 9.52 Å². The van der Waals surface area contributed by atoms with Crippen molar-refractivity contribution in [3.05, 3.63) is 77.2 Å². The molecule has 0 spiro atoms. The number of aryl methyl sites for hydroxylation is 1. The van der Waals surface area contributed by atoms with E-state index < -0.39 is 5.82 Å². The van der Waals surface area contributed by atoms with Crippen LogP contribution in [0.15, 0.2) is 60.0 Å². The Labute approximate surface area is 170 Å². The van der Waals surface area contributed by atoms with Gasteiger partial charge in [-0.25, -0.2) is 14.1 Å². The molecule has 2 heterocycles. The SMILES string of the molecule is COc1ccc(-c2csc(NC(=O)c3cc(C)n(-c4ccccc4)n3)n2)cc1F. The van der Waals surface area contributed by atoms with Crippen LogP contribution in [-0.4, -0.2) is 27.8 Å². The molecule has 0 fully saturated rings. The third kappa shape index (κ3) is 3.88. The maximum absolute atomic E-state index is 13.9. The molecule has 0 saturated heterocycles. The fourth-order valence-electron chi connectivity index (χ4n) is 2.87. The maximum atomic E-state index is 13.9. The largest absolute Gasteiger partial charge is 0.494 e. The quantitative estimate of drug-likeness (QED) is 0.520. The summed E-state index contributed by atoms with van der Waals surface area (Å²) in [5, 5.41) is 9.31. The first-order valence-electron chi connectivity index (χ1n) is 8.78. The number of methoxy groups -OCH3 is 1. The second kappa shape index (κ2) is 7.84. The van der Waals surface area contributed by atoms with Crippen LogP contribution in [0.25, 0.3) is 16.9 Å². The summed E-state index contributed by atoms with van der Waals surface area (Å²) in [6.45, 7) is 1.89. The van der Waals surface area contributed by atoms with E-state index in [9.17, 15) is 9.18 Å². The van der Waals surface area contributed by atoms with E-state index in [-0.39, 0.29) is 11.7 Å². The van der Waals surface area contributed by atoms with Gasteiger partial charge in [0.05, 0.1) is 18.5 Å². The van der Waals surface area contributed by atoms with E-state index in [1.54, 1.807) is 28.3 Å². The van der Waals surface area contributed by atoms with Crippen LogP contribution < -0.4 is 10.1 Å². The van der Waals surface area contributed by atoms with Gasteiger partial charge in [0.15, 0.2) is 22.4 Å². The highest BCUT2D eigenvalue weighted by Gasteiger charge is 2.16. The number of nitrogens with zero attached hydrogens (tertiary/aromatic N) is 3. The zero-order valence-electron chi connectivity index (χ0n) is 15.7. The molecule has 1 N–H and O–H groups in total. The summed E-state index contributed by atoms with van der Waals surface area (Å²) < 4.78 is 20.6. The number of para-hydroxylation sites is 1. The first-order chi connectivity index (χ1) is 14.0. The summed E-state index contributed by atoms with van der Waals surface area (Å²) in [5.41, 5.74) is 3.18. The Hall–Kier alpha value is -3.52. The Balaban J connectivity index is 1.52. The molecule has 6 nitrogen and oxygen atoms in total. The van der Waals surface area contributed by atoms with Crippen molar-refractivity contribution in [3.8, 4) is 22.7 Å². The van der Waals surface area contributed by atoms with E-state index in [0.29, 0.717) is 22.1 Å². The second-order valence-corrected chi connectivity index (χ2v) is 7.12. The average Bonchev–Trinajstić information content (AvgIpc) is 3.35. The molecule has 8 heteroatoms. The van der Waals surface area contributed by atoms with Gasteiger partial charge in [-0.2, -0.15) is 5.10 Å². The number of rotatable bonds is 5. The molecule has 2 aromatic carbocycles. The Morgan fingerprint density at radius 2 is 1.97 bits per heavy atom. The number of halogens is 1. The lowest BCUT2D eigenvalue weighted by Crippen LogP contribution is -2.13. The lowest BCUT2D eigenvalue weighted by atomic mass is 10.1. The number of amides is 1. The van der Waals surface area contributed by atoms with Crippen LogP contribution in [0.2, 0.25) is 0 Å². The van der Waals surface area contributed by atoms with Gasteiger partial charge in [-0.1, -0.05) is 18.2 Å². The molecule has 4 rings (SSSR count). The predicted octanol–water partition coefficient (Wildman–Crippen LogP) is 4.70. The van der Waals surface area contributed by atoms with Gasteiger partial charge >= 0.3 is 0 Å². The average molecular weight is 408 g/mol. The molecule has 0 atom stereocenters. The minimum atomic E-state index is -0.467. The third-order valence-electron chi connectivity index (χ3n) is 4.29. The highest BCUT2D eigenvalue weighted by molar-refractivity contribution is 7.14. The first kappa shape index (κ1) is 18.8. The number of thiazole rings is 1. The number of hydrogen-bond acceptors (Lipinski definition) is 5. The van der Waals surface area contributed by atoms with Crippen LogP contribution in [0.3, 0.4) is 0 Å². The molecule has 0 radical (unpaired) electrons. The highest BCUT2D eigenvalue weighted by atomic mass is 32.1. The van der Waals surface area contributed by atoms with Gasteiger partial charge in [0.25, 0.3) is 5.91 Å². The van der Waals surface area contributed by atoms with E-state index in [1.165, 1.54) is 24.5 Å². The molecule has 146 valence electrons. The summed E-state index contributed by atoms with van der Waals surface area (Å²) in [6, 6.07) is 15.9. The highest BCUT2D eigenvalue weighted by Crippen LogP contribution is 2.28. The van der Waals surface area contributed by atoms with Crippen molar-refractivity contribution in [1.29, 1.82) is 0 Å². The van der Waals surface area contributed by atoms with Crippen molar-refractivity contribution in [2.24, 2.45) is 0 Å². The fourth-order valence-corrected chi connectivity index (χ4v) is 3.58. The molecule has 0 saturated carbocycles. The Morgan fingerprint density at radius 3 is 2.69 bits per heavy atom. The number of anilines is 1. The van der Waals surface area contributed by atoms with E-state index >= 15 is 0 Å². The third-order valence-corrected chi connectivity index (χ3v) is 5.05. The summed E-state index contributed by atoms with van der Waals surface area (Å²) in [4.78, 5) is 17.0. The fraction of sp³-hybridized carbons (Fsp3) is 0.0952. The standard InChI is InChI=1S/C21H17FN4O2S/c1-13-10-17(25-26(13)15-6-4-3-5-7-15)20(27)24-21-23-18(12-29-21)14-8-9-19(28-2)16(22)11-14/h3-12H,1-2H3,(H,23,24,27). The monoisotopic (exact) mass is 408 g/mol. The smallest absolute Gasteiger partial charge is 0.277 e. The molecule has 0 aliphatic carbocycles. The molecule has 1 amide bonds. The van der Waals surface area contributed by atoms with Crippen molar-refractivity contribution >= 4 is 22.4 Å². The first-order valence-corrected chi connectivity index (χ1v) is 9.66. The van der Waals surface area contributed by atoms with E-state index in [2.05, 4.69) is 15.4 Å². The predicted molar refractivity (Wildman–Crippen MR) is 110 cm³/mol. The summed E-state index contributed by atoms with van der Waals surface area (Å²) >= 11 is 1.26. The molecule has 2 aromatic heterocycles. The van der Waals surface area contributed by atoms with E-state index in [4.69, 9.17) is 4.74 Å². The van der Waals surface area contributed by atoms with Crippen molar-refractivity contribution in [3.63, 3.8) is 0 Å². The van der Waals surface area contributed by atoms with Crippen LogP contribution in [0.5, 0.6) is 5.75 Å². The van der Waals surface area contributed by atoms with Gasteiger partial charge in [0.2, 0.25) is 0 Å². The Morgan fingerprint density at radius 1 is 1.17 bits per heavy atom. The van der Waals surface area contributed by atoms with E-state index in [1.807, 2.05) is 37.3 Å². The minimum Gasteiger partial charge on any atom is -0.494 e.